The Balaban J connectivity index is 1.51. The van der Waals surface area contributed by atoms with Crippen LogP contribution in [-0.2, 0) is 9.59 Å². The molecule has 1 fully saturated rings. The maximum absolute atomic E-state index is 12.6. The van der Waals surface area contributed by atoms with Gasteiger partial charge >= 0.3 is 0 Å². The second-order valence-electron chi connectivity index (χ2n) is 8.36. The first-order valence-electron chi connectivity index (χ1n) is 11.4. The lowest BCUT2D eigenvalue weighted by molar-refractivity contribution is -0.883. The molecule has 0 spiro atoms. The van der Waals surface area contributed by atoms with E-state index in [0.717, 1.165) is 47.9 Å². The van der Waals surface area contributed by atoms with Crippen LogP contribution in [0.2, 0.25) is 0 Å². The molecule has 0 aromatic heterocycles. The van der Waals surface area contributed by atoms with Crippen LogP contribution in [-0.4, -0.2) is 44.5 Å². The molecule has 2 aromatic carbocycles. The van der Waals surface area contributed by atoms with Crippen LogP contribution >= 0.6 is 0 Å². The molecule has 1 unspecified atom stereocenters. The number of amides is 2. The predicted molar refractivity (Wildman–Crippen MR) is 127 cm³/mol. The number of carbonyl (C=O) groups is 2. The van der Waals surface area contributed by atoms with Crippen molar-refractivity contribution in [3.8, 4) is 0 Å². The Morgan fingerprint density at radius 1 is 0.903 bits per heavy atom. The number of nitrogens with one attached hydrogen (secondary N) is 3. The molecule has 1 heterocycles. The molecule has 6 heteroatoms. The van der Waals surface area contributed by atoms with Gasteiger partial charge in [-0.3, -0.25) is 9.59 Å². The molecule has 0 bridgehead atoms. The third-order valence-electron chi connectivity index (χ3n) is 5.72. The van der Waals surface area contributed by atoms with E-state index in [1.54, 1.807) is 0 Å². The van der Waals surface area contributed by atoms with Crippen molar-refractivity contribution < 1.29 is 14.5 Å². The van der Waals surface area contributed by atoms with E-state index in [9.17, 15) is 9.59 Å². The number of anilines is 3. The van der Waals surface area contributed by atoms with Gasteiger partial charge in [-0.15, -0.1) is 0 Å². The van der Waals surface area contributed by atoms with E-state index < -0.39 is 0 Å². The van der Waals surface area contributed by atoms with Crippen molar-refractivity contribution in [1.29, 1.82) is 0 Å². The standard InChI is InChI=1S/C25H34N4O2/c1-3-15-28(19-25(31)27-23-10-6-5-9-20(23)2)18-24(30)26-21-11-13-22(14-12-21)29-16-7-4-8-17-29/h5-6,9-14H,3-4,7-8,15-19H2,1-2H3,(H,26,30)(H,27,31)/p+1. The van der Waals surface area contributed by atoms with Crippen molar-refractivity contribution in [3.05, 3.63) is 54.1 Å². The van der Waals surface area contributed by atoms with Crippen molar-refractivity contribution in [1.82, 2.24) is 0 Å². The first kappa shape index (κ1) is 22.8. The van der Waals surface area contributed by atoms with Gasteiger partial charge in [0.15, 0.2) is 13.1 Å². The number of hydrogen-bond acceptors (Lipinski definition) is 3. The normalized spacial score (nSPS) is 14.7. The Morgan fingerprint density at radius 3 is 2.19 bits per heavy atom. The lowest BCUT2D eigenvalue weighted by Crippen LogP contribution is -3.14. The Bertz CT molecular complexity index is 860. The number of quaternary nitrogens is 1. The zero-order valence-corrected chi connectivity index (χ0v) is 18.7. The van der Waals surface area contributed by atoms with E-state index in [-0.39, 0.29) is 24.9 Å². The number of benzene rings is 2. The zero-order valence-electron chi connectivity index (χ0n) is 18.7. The van der Waals surface area contributed by atoms with Crippen molar-refractivity contribution >= 4 is 28.9 Å². The van der Waals surface area contributed by atoms with Gasteiger partial charge in [-0.05, 0) is 68.5 Å². The maximum atomic E-state index is 12.6. The number of para-hydroxylation sites is 1. The van der Waals surface area contributed by atoms with Crippen molar-refractivity contribution in [2.75, 3.05) is 48.3 Å². The molecule has 2 aromatic rings. The summed E-state index contributed by atoms with van der Waals surface area (Å²) in [5, 5.41) is 5.95. The van der Waals surface area contributed by atoms with E-state index in [0.29, 0.717) is 0 Å². The first-order chi connectivity index (χ1) is 15.0. The van der Waals surface area contributed by atoms with Gasteiger partial charge in [-0.2, -0.15) is 0 Å². The summed E-state index contributed by atoms with van der Waals surface area (Å²) >= 11 is 0. The van der Waals surface area contributed by atoms with Crippen LogP contribution in [0.25, 0.3) is 0 Å². The molecule has 2 amide bonds. The summed E-state index contributed by atoms with van der Waals surface area (Å²) in [6.45, 7) is 7.54. The summed E-state index contributed by atoms with van der Waals surface area (Å²) < 4.78 is 0. The van der Waals surface area contributed by atoms with Gasteiger partial charge in [0.05, 0.1) is 6.54 Å². The number of hydrogen-bond donors (Lipinski definition) is 3. The molecule has 1 atom stereocenters. The van der Waals surface area contributed by atoms with Gasteiger partial charge in [-0.1, -0.05) is 25.1 Å². The summed E-state index contributed by atoms with van der Waals surface area (Å²) in [4.78, 5) is 28.5. The smallest absolute Gasteiger partial charge is 0.279 e. The summed E-state index contributed by atoms with van der Waals surface area (Å²) in [5.41, 5.74) is 3.86. The molecular formula is C25H35N4O2+. The first-order valence-corrected chi connectivity index (χ1v) is 11.4. The molecular weight excluding hydrogens is 388 g/mol. The van der Waals surface area contributed by atoms with Crippen LogP contribution in [0.4, 0.5) is 17.1 Å². The van der Waals surface area contributed by atoms with Gasteiger partial charge in [0.2, 0.25) is 0 Å². The average Bonchev–Trinajstić information content (AvgIpc) is 2.76. The summed E-state index contributed by atoms with van der Waals surface area (Å²) in [5.74, 6) is -0.144. The van der Waals surface area contributed by atoms with E-state index >= 15 is 0 Å². The SMILES string of the molecule is CCC[NH+](CC(=O)Nc1ccc(N2CCCCC2)cc1)CC(=O)Nc1ccccc1C. The minimum absolute atomic E-state index is 0.0714. The highest BCUT2D eigenvalue weighted by molar-refractivity contribution is 5.93. The van der Waals surface area contributed by atoms with Crippen LogP contribution in [0.3, 0.4) is 0 Å². The van der Waals surface area contributed by atoms with Crippen LogP contribution in [0.15, 0.2) is 48.5 Å². The monoisotopic (exact) mass is 423 g/mol. The van der Waals surface area contributed by atoms with E-state index in [1.807, 2.05) is 43.3 Å². The van der Waals surface area contributed by atoms with E-state index in [2.05, 4.69) is 34.6 Å². The fraction of sp³-hybridized carbons (Fsp3) is 0.440. The van der Waals surface area contributed by atoms with Crippen molar-refractivity contribution in [2.45, 2.75) is 39.5 Å². The van der Waals surface area contributed by atoms with Gasteiger partial charge in [-0.25, -0.2) is 0 Å². The van der Waals surface area contributed by atoms with Crippen LogP contribution in [0.1, 0.15) is 38.2 Å². The quantitative estimate of drug-likeness (QED) is 0.581. The Labute approximate surface area is 185 Å². The summed E-state index contributed by atoms with van der Waals surface area (Å²) in [6, 6.07) is 15.8. The largest absolute Gasteiger partial charge is 0.372 e. The van der Waals surface area contributed by atoms with E-state index in [1.165, 1.54) is 24.9 Å². The van der Waals surface area contributed by atoms with E-state index in [4.69, 9.17) is 0 Å². The number of piperidine rings is 1. The third kappa shape index (κ3) is 7.10. The van der Waals surface area contributed by atoms with Gasteiger partial charge in [0.25, 0.3) is 11.8 Å². The van der Waals surface area contributed by atoms with Crippen molar-refractivity contribution in [3.63, 3.8) is 0 Å². The minimum atomic E-state index is -0.0727. The fourth-order valence-corrected chi connectivity index (χ4v) is 4.07. The van der Waals surface area contributed by atoms with Crippen molar-refractivity contribution in [2.24, 2.45) is 0 Å². The van der Waals surface area contributed by atoms with Gasteiger partial charge in [0, 0.05) is 30.2 Å². The molecule has 0 saturated carbocycles. The number of carbonyl (C=O) groups excluding carboxylic acids is 2. The molecule has 3 N–H and O–H groups in total. The van der Waals surface area contributed by atoms with Crippen LogP contribution < -0.4 is 20.4 Å². The Morgan fingerprint density at radius 2 is 1.55 bits per heavy atom. The fourth-order valence-electron chi connectivity index (χ4n) is 4.07. The number of rotatable bonds is 9. The van der Waals surface area contributed by atoms with Crippen LogP contribution in [0, 0.1) is 6.92 Å². The lowest BCUT2D eigenvalue weighted by Gasteiger charge is -2.28. The molecule has 0 aliphatic carbocycles. The second-order valence-corrected chi connectivity index (χ2v) is 8.36. The molecule has 1 aliphatic heterocycles. The predicted octanol–water partition coefficient (Wildman–Crippen LogP) is 2.86. The average molecular weight is 424 g/mol. The minimum Gasteiger partial charge on any atom is -0.372 e. The topological polar surface area (TPSA) is 65.9 Å². The Hall–Kier alpha value is -2.86. The second kappa shape index (κ2) is 11.5. The highest BCUT2D eigenvalue weighted by Crippen LogP contribution is 2.21. The summed E-state index contributed by atoms with van der Waals surface area (Å²) in [7, 11) is 0. The molecule has 0 radical (unpaired) electrons. The van der Waals surface area contributed by atoms with Crippen LogP contribution in [0.5, 0.6) is 0 Å². The van der Waals surface area contributed by atoms with Gasteiger partial charge < -0.3 is 20.4 Å². The number of aryl methyl sites for hydroxylation is 1. The lowest BCUT2D eigenvalue weighted by atomic mass is 10.1. The molecule has 3 rings (SSSR count). The third-order valence-corrected chi connectivity index (χ3v) is 5.72. The maximum Gasteiger partial charge on any atom is 0.279 e. The highest BCUT2D eigenvalue weighted by Gasteiger charge is 2.18. The molecule has 166 valence electrons. The Kier molecular flexibility index (Phi) is 8.47. The number of nitrogens with zero attached hydrogens (tertiary/aromatic N) is 1. The summed E-state index contributed by atoms with van der Waals surface area (Å²) in [6.07, 6.45) is 4.70. The van der Waals surface area contributed by atoms with Gasteiger partial charge in [0.1, 0.15) is 0 Å². The molecule has 1 saturated heterocycles. The molecule has 6 nitrogen and oxygen atoms in total. The molecule has 31 heavy (non-hydrogen) atoms. The highest BCUT2D eigenvalue weighted by atomic mass is 16.2. The zero-order chi connectivity index (χ0) is 22.1. The molecule has 1 aliphatic rings.